The molecule has 1 aromatic rings. The van der Waals surface area contributed by atoms with E-state index in [0.29, 0.717) is 12.2 Å². The van der Waals surface area contributed by atoms with E-state index in [2.05, 4.69) is 5.32 Å². The number of nitrogens with two attached hydrogens (primary N) is 1. The number of aromatic carboxylic acids is 1. The third-order valence-electron chi connectivity index (χ3n) is 3.79. The van der Waals surface area contributed by atoms with E-state index >= 15 is 0 Å². The molecule has 5 N–H and O–H groups in total. The molecule has 1 aromatic carbocycles. The monoisotopic (exact) mass is 282 g/mol. The maximum Gasteiger partial charge on any atom is 0.338 e. The predicted octanol–water partition coefficient (Wildman–Crippen LogP) is 2.07. The molecule has 2 unspecified atom stereocenters. The molecule has 2 rings (SSSR count). The van der Waals surface area contributed by atoms with Gasteiger partial charge in [-0.3, -0.25) is 0 Å². The molecule has 5 nitrogen and oxygen atoms in total. The summed E-state index contributed by atoms with van der Waals surface area (Å²) in [6.07, 6.45) is 3.46. The molecule has 0 radical (unpaired) electrons. The van der Waals surface area contributed by atoms with Gasteiger partial charge < -0.3 is 21.3 Å². The largest absolute Gasteiger partial charge is 0.478 e. The summed E-state index contributed by atoms with van der Waals surface area (Å²) in [5, 5.41) is 21.7. The Hall–Kier alpha value is -1.82. The molecule has 20 heavy (non-hydrogen) atoms. The van der Waals surface area contributed by atoms with Gasteiger partial charge in [-0.05, 0) is 25.0 Å². The molecular weight excluding hydrogens is 263 g/mol. The number of nitrogen functional groups attached to an aromatic ring is 1. The summed E-state index contributed by atoms with van der Waals surface area (Å²) in [6.45, 7) is 0.497. The van der Waals surface area contributed by atoms with Crippen LogP contribution in [0.1, 0.15) is 36.0 Å². The summed E-state index contributed by atoms with van der Waals surface area (Å²) < 4.78 is 13.6. The summed E-state index contributed by atoms with van der Waals surface area (Å²) in [4.78, 5) is 10.8. The zero-order chi connectivity index (χ0) is 14.7. The lowest BCUT2D eigenvalue weighted by atomic mass is 9.86. The number of halogens is 1. The number of carbonyl (C=O) groups is 1. The van der Waals surface area contributed by atoms with Crippen molar-refractivity contribution in [2.24, 2.45) is 5.92 Å². The molecule has 0 amide bonds. The topological polar surface area (TPSA) is 95.6 Å². The number of benzene rings is 1. The molecule has 1 saturated carbocycles. The third kappa shape index (κ3) is 3.19. The second kappa shape index (κ2) is 6.09. The Morgan fingerprint density at radius 1 is 1.40 bits per heavy atom. The van der Waals surface area contributed by atoms with Crippen molar-refractivity contribution in [2.75, 3.05) is 17.6 Å². The molecule has 1 fully saturated rings. The molecule has 1 aliphatic rings. The van der Waals surface area contributed by atoms with Gasteiger partial charge in [-0.1, -0.05) is 12.8 Å². The van der Waals surface area contributed by atoms with Crippen LogP contribution in [0.3, 0.4) is 0 Å². The fourth-order valence-electron chi connectivity index (χ4n) is 2.57. The molecule has 0 bridgehead atoms. The Morgan fingerprint density at radius 2 is 2.10 bits per heavy atom. The lowest BCUT2D eigenvalue weighted by Gasteiger charge is -2.28. The van der Waals surface area contributed by atoms with Crippen LogP contribution in [0.25, 0.3) is 0 Å². The van der Waals surface area contributed by atoms with E-state index in [0.717, 1.165) is 37.8 Å². The zero-order valence-corrected chi connectivity index (χ0v) is 11.1. The molecule has 0 saturated heterocycles. The van der Waals surface area contributed by atoms with Gasteiger partial charge in [0.15, 0.2) is 0 Å². The second-order valence-corrected chi connectivity index (χ2v) is 5.22. The van der Waals surface area contributed by atoms with Gasteiger partial charge in [0.05, 0.1) is 23.0 Å². The molecule has 6 heteroatoms. The van der Waals surface area contributed by atoms with Gasteiger partial charge in [0.2, 0.25) is 0 Å². The highest BCUT2D eigenvalue weighted by atomic mass is 19.1. The van der Waals surface area contributed by atoms with Crippen molar-refractivity contribution in [1.82, 2.24) is 0 Å². The number of carboxylic acids is 1. The van der Waals surface area contributed by atoms with Crippen LogP contribution in [0.5, 0.6) is 0 Å². The SMILES string of the molecule is Nc1cc(C(=O)O)c(F)cc1NCC1CCCCC1O. The minimum Gasteiger partial charge on any atom is -0.478 e. The Bertz CT molecular complexity index is 507. The predicted molar refractivity (Wildman–Crippen MR) is 74.2 cm³/mol. The van der Waals surface area contributed by atoms with Gasteiger partial charge in [-0.2, -0.15) is 0 Å². The van der Waals surface area contributed by atoms with Crippen molar-refractivity contribution in [3.63, 3.8) is 0 Å². The van der Waals surface area contributed by atoms with Crippen LogP contribution in [0, 0.1) is 11.7 Å². The summed E-state index contributed by atoms with van der Waals surface area (Å²) in [5.74, 6) is -2.05. The van der Waals surface area contributed by atoms with Crippen molar-refractivity contribution in [2.45, 2.75) is 31.8 Å². The van der Waals surface area contributed by atoms with E-state index in [1.54, 1.807) is 0 Å². The highest BCUT2D eigenvalue weighted by molar-refractivity contribution is 5.90. The number of nitrogens with one attached hydrogen (secondary N) is 1. The van der Waals surface area contributed by atoms with Crippen LogP contribution in [0.15, 0.2) is 12.1 Å². The molecular formula is C14H19FN2O3. The highest BCUT2D eigenvalue weighted by Crippen LogP contribution is 2.27. The van der Waals surface area contributed by atoms with Gasteiger partial charge in [-0.25, -0.2) is 9.18 Å². The van der Waals surface area contributed by atoms with E-state index in [9.17, 15) is 14.3 Å². The maximum atomic E-state index is 13.6. The molecule has 0 spiro atoms. The minimum absolute atomic E-state index is 0.116. The van der Waals surface area contributed by atoms with E-state index in [1.807, 2.05) is 0 Å². The quantitative estimate of drug-likeness (QED) is 0.634. The van der Waals surface area contributed by atoms with E-state index in [-0.39, 0.29) is 17.7 Å². The smallest absolute Gasteiger partial charge is 0.338 e. The van der Waals surface area contributed by atoms with Crippen molar-refractivity contribution in [3.05, 3.63) is 23.5 Å². The zero-order valence-electron chi connectivity index (χ0n) is 11.1. The number of aliphatic hydroxyl groups is 1. The van der Waals surface area contributed by atoms with Crippen LogP contribution in [-0.2, 0) is 0 Å². The lowest BCUT2D eigenvalue weighted by molar-refractivity contribution is 0.0692. The number of hydrogen-bond acceptors (Lipinski definition) is 4. The molecule has 0 aromatic heterocycles. The summed E-state index contributed by atoms with van der Waals surface area (Å²) in [7, 11) is 0. The van der Waals surface area contributed by atoms with Gasteiger partial charge in [-0.15, -0.1) is 0 Å². The van der Waals surface area contributed by atoms with Crippen LogP contribution in [-0.4, -0.2) is 28.8 Å². The summed E-state index contributed by atoms with van der Waals surface area (Å²) in [6, 6.07) is 2.20. The average molecular weight is 282 g/mol. The fraction of sp³-hybridized carbons (Fsp3) is 0.500. The van der Waals surface area contributed by atoms with Crippen molar-refractivity contribution >= 4 is 17.3 Å². The number of carboxylic acid groups (broad SMARTS) is 1. The first-order valence-electron chi connectivity index (χ1n) is 6.73. The van der Waals surface area contributed by atoms with Crippen molar-refractivity contribution in [1.29, 1.82) is 0 Å². The molecule has 0 heterocycles. The van der Waals surface area contributed by atoms with Gasteiger partial charge in [0.1, 0.15) is 5.82 Å². The first-order chi connectivity index (χ1) is 9.49. The van der Waals surface area contributed by atoms with Gasteiger partial charge in [0.25, 0.3) is 0 Å². The fourth-order valence-corrected chi connectivity index (χ4v) is 2.57. The molecule has 110 valence electrons. The Labute approximate surface area is 116 Å². The van der Waals surface area contributed by atoms with E-state index in [1.165, 1.54) is 0 Å². The van der Waals surface area contributed by atoms with Gasteiger partial charge >= 0.3 is 5.97 Å². The van der Waals surface area contributed by atoms with E-state index in [4.69, 9.17) is 10.8 Å². The maximum absolute atomic E-state index is 13.6. The summed E-state index contributed by atoms with van der Waals surface area (Å²) >= 11 is 0. The van der Waals surface area contributed by atoms with Crippen LogP contribution in [0.4, 0.5) is 15.8 Å². The first kappa shape index (κ1) is 14.6. The molecule has 1 aliphatic carbocycles. The van der Waals surface area contributed by atoms with Crippen molar-refractivity contribution in [3.8, 4) is 0 Å². The first-order valence-corrected chi connectivity index (χ1v) is 6.73. The average Bonchev–Trinajstić information content (AvgIpc) is 2.40. The number of rotatable bonds is 4. The molecule has 2 atom stereocenters. The third-order valence-corrected chi connectivity index (χ3v) is 3.79. The number of hydrogen-bond donors (Lipinski definition) is 4. The minimum atomic E-state index is -1.34. The standard InChI is InChI=1S/C14H19FN2O3/c15-10-6-12(11(16)5-9(10)14(19)20)17-7-8-3-1-2-4-13(8)18/h5-6,8,13,17-18H,1-4,7,16H2,(H,19,20). The van der Waals surface area contributed by atoms with Crippen LogP contribution in [0.2, 0.25) is 0 Å². The van der Waals surface area contributed by atoms with Crippen molar-refractivity contribution < 1.29 is 19.4 Å². The summed E-state index contributed by atoms with van der Waals surface area (Å²) in [5.41, 5.74) is 5.84. The Balaban J connectivity index is 2.06. The van der Waals surface area contributed by atoms with Gasteiger partial charge in [0, 0.05) is 12.5 Å². The second-order valence-electron chi connectivity index (χ2n) is 5.22. The highest BCUT2D eigenvalue weighted by Gasteiger charge is 2.23. The Morgan fingerprint density at radius 3 is 2.75 bits per heavy atom. The Kier molecular flexibility index (Phi) is 4.44. The van der Waals surface area contributed by atoms with Crippen LogP contribution >= 0.6 is 0 Å². The van der Waals surface area contributed by atoms with E-state index < -0.39 is 17.3 Å². The number of aliphatic hydroxyl groups excluding tert-OH is 1. The number of anilines is 2. The van der Waals surface area contributed by atoms with Crippen LogP contribution < -0.4 is 11.1 Å². The molecule has 0 aliphatic heterocycles. The normalized spacial score (nSPS) is 22.5. The lowest BCUT2D eigenvalue weighted by Crippen LogP contribution is -2.30.